The Hall–Kier alpha value is -3.47. The Morgan fingerprint density at radius 1 is 1.07 bits per heavy atom. The van der Waals surface area contributed by atoms with Gasteiger partial charge in [0.2, 0.25) is 0 Å². The Balaban J connectivity index is 1.63. The highest BCUT2D eigenvalue weighted by Gasteiger charge is 2.15. The number of amides is 1. The molecular weight excluding hydrogens is 372 g/mol. The van der Waals surface area contributed by atoms with Crippen LogP contribution in [0.3, 0.4) is 0 Å². The maximum atomic E-state index is 12.8. The van der Waals surface area contributed by atoms with Gasteiger partial charge >= 0.3 is 0 Å². The molecule has 4 rings (SSSR count). The van der Waals surface area contributed by atoms with Crippen molar-refractivity contribution in [3.63, 3.8) is 0 Å². The van der Waals surface area contributed by atoms with Gasteiger partial charge in [-0.3, -0.25) is 4.79 Å². The summed E-state index contributed by atoms with van der Waals surface area (Å²) in [5, 5.41) is 2.99. The van der Waals surface area contributed by atoms with Crippen molar-refractivity contribution < 1.29 is 4.79 Å². The van der Waals surface area contributed by atoms with E-state index in [0.29, 0.717) is 11.5 Å². The molecule has 2 aromatic carbocycles. The van der Waals surface area contributed by atoms with Crippen molar-refractivity contribution in [2.75, 3.05) is 5.32 Å². The van der Waals surface area contributed by atoms with Gasteiger partial charge in [0, 0.05) is 29.6 Å². The van der Waals surface area contributed by atoms with Gasteiger partial charge in [0.25, 0.3) is 5.91 Å². The number of nitrogens with zero attached hydrogens (tertiary/aromatic N) is 3. The summed E-state index contributed by atoms with van der Waals surface area (Å²) in [6.07, 6.45) is 2.76. The Kier molecular flexibility index (Phi) is 5.61. The zero-order chi connectivity index (χ0) is 21.1. The fourth-order valence-corrected chi connectivity index (χ4v) is 3.57. The van der Waals surface area contributed by atoms with Crippen molar-refractivity contribution in [1.82, 2.24) is 14.5 Å². The average molecular weight is 399 g/mol. The first kappa shape index (κ1) is 19.8. The number of carbonyl (C=O) groups is 1. The quantitative estimate of drug-likeness (QED) is 0.441. The summed E-state index contributed by atoms with van der Waals surface area (Å²) >= 11 is 0. The van der Waals surface area contributed by atoms with E-state index in [1.54, 1.807) is 6.20 Å². The molecule has 0 aliphatic carbocycles. The lowest BCUT2D eigenvalue weighted by molar-refractivity contribution is 0.102. The maximum absolute atomic E-state index is 12.8. The Bertz CT molecular complexity index is 1180. The molecule has 2 heterocycles. The monoisotopic (exact) mass is 398 g/mol. The van der Waals surface area contributed by atoms with E-state index in [1.165, 1.54) is 5.56 Å². The lowest BCUT2D eigenvalue weighted by Crippen LogP contribution is -2.12. The third-order valence-electron chi connectivity index (χ3n) is 5.17. The van der Waals surface area contributed by atoms with Crippen LogP contribution < -0.4 is 5.32 Å². The van der Waals surface area contributed by atoms with Crippen LogP contribution in [0.25, 0.3) is 22.6 Å². The minimum Gasteiger partial charge on any atom is -0.322 e. The molecule has 0 radical (unpaired) electrons. The summed E-state index contributed by atoms with van der Waals surface area (Å²) in [6, 6.07) is 19.5. The van der Waals surface area contributed by atoms with Crippen LogP contribution in [0, 0.1) is 0 Å². The lowest BCUT2D eigenvalue weighted by atomic mass is 10.0. The summed E-state index contributed by atoms with van der Waals surface area (Å²) in [7, 11) is 0. The third kappa shape index (κ3) is 3.96. The lowest BCUT2D eigenvalue weighted by Gasteiger charge is -2.10. The second kappa shape index (κ2) is 8.49. The van der Waals surface area contributed by atoms with Gasteiger partial charge in [-0.1, -0.05) is 45.0 Å². The van der Waals surface area contributed by atoms with Crippen molar-refractivity contribution in [2.24, 2.45) is 0 Å². The van der Waals surface area contributed by atoms with E-state index in [9.17, 15) is 4.79 Å². The number of rotatable bonds is 6. The summed E-state index contributed by atoms with van der Waals surface area (Å²) in [5.74, 6) is 1.16. The van der Waals surface area contributed by atoms with E-state index in [-0.39, 0.29) is 5.91 Å². The highest BCUT2D eigenvalue weighted by molar-refractivity contribution is 6.05. The zero-order valence-electron chi connectivity index (χ0n) is 17.6. The number of hydrogen-bond acceptors (Lipinski definition) is 3. The van der Waals surface area contributed by atoms with Gasteiger partial charge < -0.3 is 9.88 Å². The summed E-state index contributed by atoms with van der Waals surface area (Å²) < 4.78 is 2.12. The Morgan fingerprint density at radius 2 is 1.87 bits per heavy atom. The molecule has 1 amide bonds. The number of fused-ring (bicyclic) bond motifs is 1. The van der Waals surface area contributed by atoms with E-state index < -0.39 is 0 Å². The number of carbonyl (C=O) groups excluding carboxylic acids is 1. The molecule has 2 aromatic heterocycles. The molecule has 0 spiro atoms. The number of nitrogens with one attached hydrogen (secondary N) is 1. The summed E-state index contributed by atoms with van der Waals surface area (Å²) in [5.41, 5.74) is 5.28. The van der Waals surface area contributed by atoms with Crippen molar-refractivity contribution in [1.29, 1.82) is 0 Å². The van der Waals surface area contributed by atoms with Crippen LogP contribution in [-0.2, 0) is 6.54 Å². The third-order valence-corrected chi connectivity index (χ3v) is 5.17. The minimum atomic E-state index is -0.134. The van der Waals surface area contributed by atoms with Crippen LogP contribution in [0.4, 0.5) is 5.69 Å². The van der Waals surface area contributed by atoms with Crippen LogP contribution in [0.1, 0.15) is 49.0 Å². The number of pyridine rings is 1. The van der Waals surface area contributed by atoms with Crippen molar-refractivity contribution >= 4 is 22.8 Å². The van der Waals surface area contributed by atoms with E-state index in [1.807, 2.05) is 48.5 Å². The minimum absolute atomic E-state index is 0.134. The SMILES string of the molecule is CCCn1c(-c2cccc(C(=O)Nc3ccc(C(C)C)cc3)c2)nc2cccnc21. The molecule has 0 atom stereocenters. The molecule has 5 heteroatoms. The van der Waals surface area contributed by atoms with Crippen molar-refractivity contribution in [2.45, 2.75) is 39.7 Å². The van der Waals surface area contributed by atoms with Gasteiger partial charge in [0.05, 0.1) is 0 Å². The number of hydrogen-bond donors (Lipinski definition) is 1. The summed E-state index contributed by atoms with van der Waals surface area (Å²) in [6.45, 7) is 7.26. The molecule has 4 aromatic rings. The van der Waals surface area contributed by atoms with Gasteiger partial charge in [-0.05, 0) is 54.3 Å². The second-order valence-corrected chi connectivity index (χ2v) is 7.74. The van der Waals surface area contributed by atoms with Gasteiger partial charge in [0.15, 0.2) is 5.65 Å². The number of imidazole rings is 1. The topological polar surface area (TPSA) is 59.8 Å². The fourth-order valence-electron chi connectivity index (χ4n) is 3.57. The highest BCUT2D eigenvalue weighted by Crippen LogP contribution is 2.25. The molecule has 0 aliphatic rings. The smallest absolute Gasteiger partial charge is 0.255 e. The van der Waals surface area contributed by atoms with Crippen molar-refractivity contribution in [3.8, 4) is 11.4 Å². The molecule has 0 bridgehead atoms. The Labute approximate surface area is 176 Å². The highest BCUT2D eigenvalue weighted by atomic mass is 16.1. The first-order chi connectivity index (χ1) is 14.6. The largest absolute Gasteiger partial charge is 0.322 e. The Morgan fingerprint density at radius 3 is 2.60 bits per heavy atom. The molecule has 0 unspecified atom stereocenters. The van der Waals surface area contributed by atoms with Crippen LogP contribution in [0.2, 0.25) is 0 Å². The van der Waals surface area contributed by atoms with Crippen LogP contribution in [-0.4, -0.2) is 20.4 Å². The van der Waals surface area contributed by atoms with Gasteiger partial charge in [0.1, 0.15) is 11.3 Å². The molecule has 0 saturated heterocycles. The first-order valence-corrected chi connectivity index (χ1v) is 10.4. The van der Waals surface area contributed by atoms with E-state index in [2.05, 4.69) is 47.8 Å². The predicted molar refractivity (Wildman–Crippen MR) is 122 cm³/mol. The van der Waals surface area contributed by atoms with Gasteiger partial charge in [-0.25, -0.2) is 9.97 Å². The fraction of sp³-hybridized carbons (Fsp3) is 0.240. The molecule has 152 valence electrons. The van der Waals surface area contributed by atoms with Crippen LogP contribution >= 0.6 is 0 Å². The van der Waals surface area contributed by atoms with Crippen LogP contribution in [0.15, 0.2) is 66.9 Å². The molecule has 0 fully saturated rings. The molecule has 1 N–H and O–H groups in total. The van der Waals surface area contributed by atoms with E-state index in [4.69, 9.17) is 4.98 Å². The van der Waals surface area contributed by atoms with Crippen molar-refractivity contribution in [3.05, 3.63) is 78.0 Å². The molecular formula is C25H26N4O. The molecule has 30 heavy (non-hydrogen) atoms. The number of aromatic nitrogens is 3. The number of benzene rings is 2. The average Bonchev–Trinajstić information content (AvgIpc) is 3.13. The first-order valence-electron chi connectivity index (χ1n) is 10.4. The second-order valence-electron chi connectivity index (χ2n) is 7.74. The van der Waals surface area contributed by atoms with Gasteiger partial charge in [-0.2, -0.15) is 0 Å². The number of aryl methyl sites for hydroxylation is 1. The molecule has 5 nitrogen and oxygen atoms in total. The zero-order valence-corrected chi connectivity index (χ0v) is 17.6. The van der Waals surface area contributed by atoms with Gasteiger partial charge in [-0.15, -0.1) is 0 Å². The number of anilines is 1. The van der Waals surface area contributed by atoms with E-state index >= 15 is 0 Å². The standard InChI is InChI=1S/C25H26N4O/c1-4-15-29-23(28-22-9-6-14-26-24(22)29)19-7-5-8-20(16-19)25(30)27-21-12-10-18(11-13-21)17(2)3/h5-14,16-17H,4,15H2,1-3H3,(H,27,30). The predicted octanol–water partition coefficient (Wildman–Crippen LogP) is 5.88. The maximum Gasteiger partial charge on any atom is 0.255 e. The summed E-state index contributed by atoms with van der Waals surface area (Å²) in [4.78, 5) is 22.1. The molecule has 0 aliphatic heterocycles. The normalized spacial score (nSPS) is 11.2. The van der Waals surface area contributed by atoms with E-state index in [0.717, 1.165) is 41.2 Å². The molecule has 0 saturated carbocycles. The van der Waals surface area contributed by atoms with Crippen LogP contribution in [0.5, 0.6) is 0 Å².